The van der Waals surface area contributed by atoms with Crippen molar-refractivity contribution in [2.24, 2.45) is 0 Å². The molecule has 2 fully saturated rings. The first-order valence-corrected chi connectivity index (χ1v) is 12.4. The highest BCUT2D eigenvalue weighted by Crippen LogP contribution is 2.36. The van der Waals surface area contributed by atoms with Crippen molar-refractivity contribution in [1.29, 1.82) is 0 Å². The first kappa shape index (κ1) is 26.8. The number of carbonyl (C=O) groups excluding carboxylic acids is 1. The second-order valence-corrected chi connectivity index (χ2v) is 9.96. The van der Waals surface area contributed by atoms with Gasteiger partial charge in [0.25, 0.3) is 0 Å². The third-order valence-electron chi connectivity index (χ3n) is 6.99. The van der Waals surface area contributed by atoms with Crippen molar-refractivity contribution in [1.82, 2.24) is 15.1 Å². The van der Waals surface area contributed by atoms with Gasteiger partial charge >= 0.3 is 12.1 Å². The van der Waals surface area contributed by atoms with Crippen LogP contribution in [0.15, 0.2) is 47.2 Å². The number of hydrogen-bond acceptors (Lipinski definition) is 5. The fourth-order valence-electron chi connectivity index (χ4n) is 4.78. The van der Waals surface area contributed by atoms with Crippen LogP contribution in [-0.4, -0.2) is 57.5 Å². The minimum absolute atomic E-state index is 0.0724. The largest absolute Gasteiger partial charge is 0.478 e. The predicted molar refractivity (Wildman–Crippen MR) is 135 cm³/mol. The van der Waals surface area contributed by atoms with Crippen LogP contribution in [0, 0.1) is 6.92 Å². The molecule has 2 aromatic rings. The van der Waals surface area contributed by atoms with Gasteiger partial charge in [-0.15, -0.1) is 0 Å². The van der Waals surface area contributed by atoms with Crippen LogP contribution in [0.1, 0.15) is 53.4 Å². The van der Waals surface area contributed by atoms with E-state index in [-0.39, 0.29) is 17.0 Å². The molecule has 1 amide bonds. The van der Waals surface area contributed by atoms with E-state index in [0.29, 0.717) is 62.4 Å². The van der Waals surface area contributed by atoms with Crippen LogP contribution in [0.4, 0.5) is 19.3 Å². The van der Waals surface area contributed by atoms with Crippen molar-refractivity contribution >= 4 is 29.4 Å². The maximum absolute atomic E-state index is 14.3. The molecule has 0 radical (unpaired) electrons. The summed E-state index contributed by atoms with van der Waals surface area (Å²) >= 11 is 5.69. The number of halogens is 3. The monoisotopic (exact) mass is 534 g/mol. The molecule has 3 heterocycles. The number of amides is 1. The molecule has 198 valence electrons. The number of carboxylic acid groups (broad SMARTS) is 1. The van der Waals surface area contributed by atoms with Crippen LogP contribution in [0.5, 0.6) is 0 Å². The van der Waals surface area contributed by atoms with Crippen molar-refractivity contribution in [3.8, 4) is 0 Å². The van der Waals surface area contributed by atoms with E-state index in [9.17, 15) is 23.5 Å². The van der Waals surface area contributed by atoms with Crippen molar-refractivity contribution in [2.75, 3.05) is 24.5 Å². The van der Waals surface area contributed by atoms with Gasteiger partial charge in [0.1, 0.15) is 17.3 Å². The third-order valence-corrected chi connectivity index (χ3v) is 7.36. The Morgan fingerprint density at radius 1 is 1.27 bits per heavy atom. The molecular weight excluding hydrogens is 506 g/mol. The van der Waals surface area contributed by atoms with Crippen LogP contribution in [0.3, 0.4) is 0 Å². The van der Waals surface area contributed by atoms with Gasteiger partial charge in [-0.25, -0.2) is 18.4 Å². The number of carboxylic acids is 1. The average Bonchev–Trinajstić information content (AvgIpc) is 3.26. The summed E-state index contributed by atoms with van der Waals surface area (Å²) < 4.78 is 33.3. The van der Waals surface area contributed by atoms with Gasteiger partial charge in [0.15, 0.2) is 0 Å². The number of likely N-dealkylation sites (tertiary alicyclic amines) is 1. The Labute approximate surface area is 218 Å². The normalized spacial score (nSPS) is 19.1. The standard InChI is InChI=1S/C26H29ClF2N4O4/c1-16-11-20(3-4-21(16)24(34)35)33-10-7-26(37-25(33)36)5-8-32(9-6-26)15-18-14-30-31-23(18)13-19(29)12-22(27)17(2)28/h3-4,11-12,14H,5-10,13,15H2,1-2H3,(H,30,31)(H,34,35)/b19-12+,22-17-. The molecular formula is C26H29ClF2N4O4. The molecule has 2 aliphatic rings. The van der Waals surface area contributed by atoms with E-state index in [1.807, 2.05) is 0 Å². The summed E-state index contributed by atoms with van der Waals surface area (Å²) in [5.74, 6) is -2.23. The minimum atomic E-state index is -1.01. The third kappa shape index (κ3) is 6.19. The molecule has 0 unspecified atom stereocenters. The summed E-state index contributed by atoms with van der Waals surface area (Å²) in [6.07, 6.45) is 4.12. The molecule has 1 aromatic carbocycles. The zero-order valence-electron chi connectivity index (χ0n) is 20.7. The topological polar surface area (TPSA) is 98.8 Å². The first-order valence-electron chi connectivity index (χ1n) is 12.0. The Bertz CT molecular complexity index is 1250. The lowest BCUT2D eigenvalue weighted by Crippen LogP contribution is -2.54. The molecule has 4 rings (SSSR count). The van der Waals surface area contributed by atoms with Gasteiger partial charge in [0, 0.05) is 68.8 Å². The highest BCUT2D eigenvalue weighted by molar-refractivity contribution is 6.31. The molecule has 1 spiro atoms. The zero-order valence-corrected chi connectivity index (χ0v) is 21.4. The van der Waals surface area contributed by atoms with Crippen LogP contribution in [-0.2, 0) is 17.7 Å². The number of aromatic carboxylic acids is 1. The number of allylic oxidation sites excluding steroid dienone is 4. The van der Waals surface area contributed by atoms with Crippen molar-refractivity contribution in [2.45, 2.75) is 51.7 Å². The summed E-state index contributed by atoms with van der Waals surface area (Å²) in [7, 11) is 0. The van der Waals surface area contributed by atoms with Gasteiger partial charge in [0.05, 0.1) is 16.8 Å². The Hall–Kier alpha value is -3.24. The van der Waals surface area contributed by atoms with Crippen LogP contribution >= 0.6 is 11.6 Å². The second kappa shape index (κ2) is 11.0. The molecule has 8 nitrogen and oxygen atoms in total. The number of nitrogens with zero attached hydrogens (tertiary/aromatic N) is 3. The molecule has 0 atom stereocenters. The van der Waals surface area contributed by atoms with Crippen molar-refractivity contribution < 1.29 is 28.2 Å². The Morgan fingerprint density at radius 3 is 2.59 bits per heavy atom. The van der Waals surface area contributed by atoms with Gasteiger partial charge in [-0.2, -0.15) is 5.10 Å². The number of aromatic amines is 1. The molecule has 11 heteroatoms. The lowest BCUT2D eigenvalue weighted by Gasteiger charge is -2.45. The van der Waals surface area contributed by atoms with Gasteiger partial charge in [-0.1, -0.05) is 11.6 Å². The maximum atomic E-state index is 14.3. The van der Waals surface area contributed by atoms with Gasteiger partial charge in [-0.3, -0.25) is 14.9 Å². The summed E-state index contributed by atoms with van der Waals surface area (Å²) in [5.41, 5.74) is 2.29. The number of H-pyrrole nitrogens is 1. The summed E-state index contributed by atoms with van der Waals surface area (Å²) in [5, 5.41) is 15.8. The zero-order chi connectivity index (χ0) is 26.7. The Morgan fingerprint density at radius 2 is 1.97 bits per heavy atom. The van der Waals surface area contributed by atoms with E-state index in [4.69, 9.17) is 16.3 Å². The smallest absolute Gasteiger partial charge is 0.414 e. The number of rotatable bonds is 7. The summed E-state index contributed by atoms with van der Waals surface area (Å²) in [6.45, 7) is 5.29. The number of anilines is 1. The van der Waals surface area contributed by atoms with Crippen LogP contribution in [0.25, 0.3) is 0 Å². The molecule has 0 aliphatic carbocycles. The van der Waals surface area contributed by atoms with E-state index in [2.05, 4.69) is 15.1 Å². The SMILES string of the molecule is C/C(F)=C(Cl)\C=C(\F)Cc1[nH]ncc1CN1CCC2(CC1)CCN(c1ccc(C(=O)O)c(C)c1)C(=O)O2. The molecule has 2 N–H and O–H groups in total. The molecule has 0 bridgehead atoms. The lowest BCUT2D eigenvalue weighted by molar-refractivity contribution is -0.0496. The molecule has 0 saturated carbocycles. The fourth-order valence-corrected chi connectivity index (χ4v) is 4.90. The Kier molecular flexibility index (Phi) is 7.99. The molecule has 37 heavy (non-hydrogen) atoms. The number of ether oxygens (including phenoxy) is 1. The summed E-state index contributed by atoms with van der Waals surface area (Å²) in [6, 6.07) is 4.82. The molecule has 2 saturated heterocycles. The molecule has 1 aromatic heterocycles. The minimum Gasteiger partial charge on any atom is -0.478 e. The van der Waals surface area contributed by atoms with E-state index in [1.54, 1.807) is 30.2 Å². The van der Waals surface area contributed by atoms with Gasteiger partial charge in [0.2, 0.25) is 0 Å². The number of aromatic nitrogens is 2. The fraction of sp³-hybridized carbons (Fsp3) is 0.423. The van der Waals surface area contributed by atoms with Crippen LogP contribution < -0.4 is 4.90 Å². The number of nitrogens with one attached hydrogen (secondary N) is 1. The van der Waals surface area contributed by atoms with Gasteiger partial charge < -0.3 is 9.84 Å². The predicted octanol–water partition coefficient (Wildman–Crippen LogP) is 5.63. The Balaban J connectivity index is 1.34. The number of benzene rings is 1. The lowest BCUT2D eigenvalue weighted by atomic mass is 9.86. The number of aryl methyl sites for hydroxylation is 1. The molecule has 2 aliphatic heterocycles. The van der Waals surface area contributed by atoms with Crippen molar-refractivity contribution in [3.05, 3.63) is 69.5 Å². The quantitative estimate of drug-likeness (QED) is 0.446. The van der Waals surface area contributed by atoms with Crippen molar-refractivity contribution in [3.63, 3.8) is 0 Å². The highest BCUT2D eigenvalue weighted by Gasteiger charge is 2.43. The van der Waals surface area contributed by atoms with E-state index in [1.165, 1.54) is 6.07 Å². The average molecular weight is 535 g/mol. The number of hydrogen-bond donors (Lipinski definition) is 2. The summed E-state index contributed by atoms with van der Waals surface area (Å²) in [4.78, 5) is 27.9. The maximum Gasteiger partial charge on any atom is 0.414 e. The van der Waals surface area contributed by atoms with E-state index < -0.39 is 29.3 Å². The van der Waals surface area contributed by atoms with Gasteiger partial charge in [-0.05, 0) is 43.7 Å². The number of piperidine rings is 1. The van der Waals surface area contributed by atoms with E-state index in [0.717, 1.165) is 18.6 Å². The second-order valence-electron chi connectivity index (χ2n) is 9.56. The number of carbonyl (C=O) groups is 2. The van der Waals surface area contributed by atoms with Crippen LogP contribution in [0.2, 0.25) is 0 Å². The van der Waals surface area contributed by atoms with E-state index >= 15 is 0 Å². The highest BCUT2D eigenvalue weighted by atomic mass is 35.5. The first-order chi connectivity index (χ1) is 17.6.